The molecular weight excluding hydrogens is 280 g/mol. The van der Waals surface area contributed by atoms with Crippen LogP contribution < -0.4 is 9.64 Å². The zero-order valence-corrected chi connectivity index (χ0v) is 14.2. The number of aromatic nitrogens is 2. The second-order valence-electron chi connectivity index (χ2n) is 6.81. The summed E-state index contributed by atoms with van der Waals surface area (Å²) in [5, 5.41) is 0. The molecule has 0 radical (unpaired) electrons. The van der Waals surface area contributed by atoms with Crippen molar-refractivity contribution in [3.63, 3.8) is 0 Å². The molecule has 122 valence electrons. The number of carbonyl (C=O) groups is 1. The maximum Gasteiger partial charge on any atom is 0.228 e. The average molecular weight is 306 g/mol. The van der Waals surface area contributed by atoms with Gasteiger partial charge in [-0.25, -0.2) is 4.98 Å². The molecule has 1 amide bonds. The first-order valence-corrected chi connectivity index (χ1v) is 7.72. The third-order valence-corrected chi connectivity index (χ3v) is 4.02. The van der Waals surface area contributed by atoms with Crippen LogP contribution >= 0.6 is 0 Å². The highest BCUT2D eigenvalue weighted by molar-refractivity contribution is 5.81. The number of ether oxygens (including phenoxy) is 1. The molecule has 1 aliphatic heterocycles. The number of rotatable bonds is 3. The first kappa shape index (κ1) is 16.5. The first-order chi connectivity index (χ1) is 10.3. The summed E-state index contributed by atoms with van der Waals surface area (Å²) in [6.45, 7) is 7.53. The molecule has 1 fully saturated rings. The van der Waals surface area contributed by atoms with Crippen molar-refractivity contribution in [1.82, 2.24) is 14.9 Å². The van der Waals surface area contributed by atoms with Crippen molar-refractivity contribution in [2.24, 2.45) is 5.41 Å². The highest BCUT2D eigenvalue weighted by atomic mass is 16.5. The maximum absolute atomic E-state index is 12.5. The van der Waals surface area contributed by atoms with E-state index in [1.165, 1.54) is 0 Å². The Labute approximate surface area is 132 Å². The molecule has 2 heterocycles. The molecule has 1 atom stereocenters. The Morgan fingerprint density at radius 3 is 2.82 bits per heavy atom. The molecule has 0 spiro atoms. The number of piperidine rings is 1. The molecule has 22 heavy (non-hydrogen) atoms. The van der Waals surface area contributed by atoms with Crippen LogP contribution in [0.2, 0.25) is 0 Å². The van der Waals surface area contributed by atoms with Crippen molar-refractivity contribution in [1.29, 1.82) is 0 Å². The summed E-state index contributed by atoms with van der Waals surface area (Å²) in [6.07, 6.45) is 3.74. The van der Waals surface area contributed by atoms with Crippen LogP contribution in [0.5, 0.6) is 5.88 Å². The van der Waals surface area contributed by atoms with Gasteiger partial charge in [-0.2, -0.15) is 4.98 Å². The van der Waals surface area contributed by atoms with Crippen LogP contribution in [0.1, 0.15) is 33.6 Å². The SMILES string of the molecule is COc1ccnc(N2CCCC(N(C)C(=O)C(C)(C)C)C2)n1. The lowest BCUT2D eigenvalue weighted by atomic mass is 9.93. The Kier molecular flexibility index (Phi) is 4.88. The normalized spacial score (nSPS) is 19.0. The number of nitrogens with zero attached hydrogens (tertiary/aromatic N) is 4. The fraction of sp³-hybridized carbons (Fsp3) is 0.688. The monoisotopic (exact) mass is 306 g/mol. The van der Waals surface area contributed by atoms with Gasteiger partial charge in [0.15, 0.2) is 0 Å². The van der Waals surface area contributed by atoms with Gasteiger partial charge >= 0.3 is 0 Å². The van der Waals surface area contributed by atoms with E-state index >= 15 is 0 Å². The standard InChI is InChI=1S/C16H26N4O2/c1-16(2,3)14(21)19(4)12-7-6-10-20(11-12)15-17-9-8-13(18-15)22-5/h8-9,12H,6-7,10-11H2,1-5H3. The van der Waals surface area contributed by atoms with Crippen LogP contribution in [-0.4, -0.2) is 54.1 Å². The zero-order valence-electron chi connectivity index (χ0n) is 14.2. The van der Waals surface area contributed by atoms with E-state index in [4.69, 9.17) is 4.74 Å². The third kappa shape index (κ3) is 3.67. The summed E-state index contributed by atoms with van der Waals surface area (Å²) in [4.78, 5) is 25.2. The van der Waals surface area contributed by atoms with Crippen molar-refractivity contribution in [3.05, 3.63) is 12.3 Å². The molecule has 6 heteroatoms. The molecule has 1 unspecified atom stereocenters. The number of amides is 1. The Hall–Kier alpha value is -1.85. The molecule has 1 saturated heterocycles. The van der Waals surface area contributed by atoms with Gasteiger partial charge in [0, 0.05) is 43.9 Å². The number of hydrogen-bond donors (Lipinski definition) is 0. The second kappa shape index (κ2) is 6.50. The number of anilines is 1. The molecule has 0 bridgehead atoms. The molecule has 1 aromatic heterocycles. The van der Waals surface area contributed by atoms with Crippen LogP contribution in [0, 0.1) is 5.41 Å². The van der Waals surface area contributed by atoms with Gasteiger partial charge in [0.1, 0.15) is 0 Å². The van der Waals surface area contributed by atoms with E-state index in [2.05, 4.69) is 14.9 Å². The van der Waals surface area contributed by atoms with E-state index in [0.717, 1.165) is 25.9 Å². The van der Waals surface area contributed by atoms with E-state index < -0.39 is 0 Å². The van der Waals surface area contributed by atoms with Crippen molar-refractivity contribution in [3.8, 4) is 5.88 Å². The predicted molar refractivity (Wildman–Crippen MR) is 86.0 cm³/mol. The average Bonchev–Trinajstić information content (AvgIpc) is 2.52. The topological polar surface area (TPSA) is 58.6 Å². The highest BCUT2D eigenvalue weighted by Gasteiger charge is 2.32. The quantitative estimate of drug-likeness (QED) is 0.854. The fourth-order valence-corrected chi connectivity index (χ4v) is 2.75. The molecular formula is C16H26N4O2. The minimum Gasteiger partial charge on any atom is -0.481 e. The summed E-state index contributed by atoms with van der Waals surface area (Å²) >= 11 is 0. The summed E-state index contributed by atoms with van der Waals surface area (Å²) in [5.41, 5.74) is -0.358. The Bertz CT molecular complexity index is 527. The Morgan fingerprint density at radius 1 is 1.45 bits per heavy atom. The van der Waals surface area contributed by atoms with Gasteiger partial charge in [0.2, 0.25) is 17.7 Å². The summed E-state index contributed by atoms with van der Waals surface area (Å²) in [6, 6.07) is 1.93. The lowest BCUT2D eigenvalue weighted by Crippen LogP contribution is -2.51. The van der Waals surface area contributed by atoms with Crippen LogP contribution in [0.3, 0.4) is 0 Å². The van der Waals surface area contributed by atoms with Gasteiger partial charge in [-0.15, -0.1) is 0 Å². The predicted octanol–water partition coefficient (Wildman–Crippen LogP) is 1.96. The minimum atomic E-state index is -0.358. The van der Waals surface area contributed by atoms with Crippen molar-refractivity contribution in [2.45, 2.75) is 39.7 Å². The van der Waals surface area contributed by atoms with Crippen molar-refractivity contribution < 1.29 is 9.53 Å². The summed E-state index contributed by atoms with van der Waals surface area (Å²) in [7, 11) is 3.50. The molecule has 0 saturated carbocycles. The first-order valence-electron chi connectivity index (χ1n) is 7.72. The lowest BCUT2D eigenvalue weighted by molar-refractivity contribution is -0.140. The number of carbonyl (C=O) groups excluding carboxylic acids is 1. The number of hydrogen-bond acceptors (Lipinski definition) is 5. The highest BCUT2D eigenvalue weighted by Crippen LogP contribution is 2.24. The lowest BCUT2D eigenvalue weighted by Gasteiger charge is -2.39. The molecule has 0 aromatic carbocycles. The molecule has 1 aliphatic rings. The van der Waals surface area contributed by atoms with Gasteiger partial charge < -0.3 is 14.5 Å². The molecule has 1 aromatic rings. The van der Waals surface area contributed by atoms with Crippen LogP contribution in [0.4, 0.5) is 5.95 Å². The largest absolute Gasteiger partial charge is 0.481 e. The van der Waals surface area contributed by atoms with E-state index in [-0.39, 0.29) is 17.4 Å². The molecule has 6 nitrogen and oxygen atoms in total. The van der Waals surface area contributed by atoms with Gasteiger partial charge in [0.25, 0.3) is 0 Å². The van der Waals surface area contributed by atoms with Crippen LogP contribution in [-0.2, 0) is 4.79 Å². The smallest absolute Gasteiger partial charge is 0.228 e. The number of likely N-dealkylation sites (N-methyl/N-ethyl adjacent to an activating group) is 1. The van der Waals surface area contributed by atoms with Crippen LogP contribution in [0.15, 0.2) is 12.3 Å². The summed E-state index contributed by atoms with van der Waals surface area (Å²) in [5.74, 6) is 1.40. The van der Waals surface area contributed by atoms with Crippen molar-refractivity contribution in [2.75, 3.05) is 32.1 Å². The Morgan fingerprint density at radius 2 is 2.18 bits per heavy atom. The third-order valence-electron chi connectivity index (χ3n) is 4.02. The van der Waals surface area contributed by atoms with E-state index in [9.17, 15) is 4.79 Å². The molecule has 0 aliphatic carbocycles. The van der Waals surface area contributed by atoms with E-state index in [1.54, 1.807) is 19.4 Å². The molecule has 2 rings (SSSR count). The summed E-state index contributed by atoms with van der Waals surface area (Å²) < 4.78 is 5.16. The van der Waals surface area contributed by atoms with Crippen molar-refractivity contribution >= 4 is 11.9 Å². The zero-order chi connectivity index (χ0) is 16.3. The fourth-order valence-electron chi connectivity index (χ4n) is 2.75. The van der Waals surface area contributed by atoms with Crippen LogP contribution in [0.25, 0.3) is 0 Å². The van der Waals surface area contributed by atoms with E-state index in [0.29, 0.717) is 11.8 Å². The Balaban J connectivity index is 2.10. The maximum atomic E-state index is 12.5. The molecule has 0 N–H and O–H groups in total. The second-order valence-corrected chi connectivity index (χ2v) is 6.81. The minimum absolute atomic E-state index is 0.172. The van der Waals surface area contributed by atoms with E-state index in [1.807, 2.05) is 32.7 Å². The van der Waals surface area contributed by atoms with Gasteiger partial charge in [0.05, 0.1) is 7.11 Å². The van der Waals surface area contributed by atoms with Gasteiger partial charge in [-0.05, 0) is 12.8 Å². The van der Waals surface area contributed by atoms with Gasteiger partial charge in [-0.3, -0.25) is 4.79 Å². The number of methoxy groups -OCH3 is 1. The van der Waals surface area contributed by atoms with Gasteiger partial charge in [-0.1, -0.05) is 20.8 Å².